The van der Waals surface area contributed by atoms with Crippen molar-refractivity contribution in [3.63, 3.8) is 0 Å². The van der Waals surface area contributed by atoms with E-state index in [4.69, 9.17) is 30.4 Å². The number of hydrogen-bond acceptors (Lipinski definition) is 12. The SMILES string of the molecule is CCCCCC1C=CC2C(C=CC3(CCCCCCC3COO)C2CCCCCCCCOO)C1CCCCC.CCCCCC=CC1C(CCCCC)C=CC(CCCCCCCCCOO)C12CCCCCCCC2COO.CCCCCCCC/C=C(/CCCCCCCCOO)C1(CCCCCCCCC)CCCCCCC1COO. The zero-order chi connectivity index (χ0) is 86.2. The first kappa shape index (κ1) is 111. The lowest BCUT2D eigenvalue weighted by Crippen LogP contribution is -2.49. The Balaban J connectivity index is 0.000000378. The van der Waals surface area contributed by atoms with Crippen LogP contribution in [0.15, 0.2) is 60.3 Å². The van der Waals surface area contributed by atoms with Crippen LogP contribution < -0.4 is 0 Å². The summed E-state index contributed by atoms with van der Waals surface area (Å²) in [7, 11) is 0. The molecule has 2 spiro atoms. The van der Waals surface area contributed by atoms with E-state index in [2.05, 4.69) is 111 Å². The minimum Gasteiger partial charge on any atom is -0.252 e. The highest BCUT2D eigenvalue weighted by molar-refractivity contribution is 5.24. The lowest BCUT2D eigenvalue weighted by Gasteiger charge is -2.55. The van der Waals surface area contributed by atoms with Gasteiger partial charge in [0.2, 0.25) is 0 Å². The Morgan fingerprint density at radius 1 is 0.333 bits per heavy atom. The highest BCUT2D eigenvalue weighted by Gasteiger charge is 2.54. The van der Waals surface area contributed by atoms with E-state index in [-0.39, 0.29) is 16.2 Å². The highest BCUT2D eigenvalue weighted by Crippen LogP contribution is 2.61. The summed E-state index contributed by atoms with van der Waals surface area (Å²) < 4.78 is 0. The van der Waals surface area contributed by atoms with Gasteiger partial charge in [-0.15, -0.1) is 0 Å². The molecular formula is C108H200O12. The Morgan fingerprint density at radius 3 is 1.32 bits per heavy atom. The average Bonchev–Trinajstić information content (AvgIpc) is 0.783. The number of allylic oxidation sites excluding steroid dienone is 10. The summed E-state index contributed by atoms with van der Waals surface area (Å²) in [6.07, 6.45) is 116. The van der Waals surface area contributed by atoms with Crippen LogP contribution in [-0.2, 0) is 29.3 Å². The standard InChI is InChI=1S/C36H64O4.C36H66O4.C36H70O4/c1-3-5-13-19-30-23-24-34-33(32(30)21-14-6-4-2)25-27-36(26-17-11-10-15-20-31(36)29-40-38)35(34)22-16-9-7-8-12-18-28-39-37;1-3-5-7-12-20-26-35-32(23-17-6-4-2)27-28-33(24-18-13-9-8-10-16-22-30-39-37)36(35)29-21-15-11-14-19-25-34(36)31-40-38;1-3-5-7-9-11-15-21-27-34(28-22-16-12-14-20-26-32-39-37)36(30-24-18-13-10-8-6-4-2)31-25-19-17-23-29-35(36)33-40-38/h23-25,27,30-35,37-38H,3-22,26,28-29H2,1-2H3;20,26-28,32-35,37-38H,3-19,21-25,29-31H2,1-2H3;27,35,37-38H,3-26,28-33H2,1-2H3/b;;34-27-. The monoisotopic (exact) mass is 1690 g/mol. The molecule has 14 atom stereocenters. The fraction of sp³-hybridized carbons (Fsp3) is 0.907. The summed E-state index contributed by atoms with van der Waals surface area (Å²) >= 11 is 0. The molecule has 0 bridgehead atoms. The molecule has 6 aliphatic rings. The Kier molecular flexibility index (Phi) is 69.2. The quantitative estimate of drug-likeness (QED) is 0.0147. The maximum Gasteiger partial charge on any atom is 0.0856 e. The van der Waals surface area contributed by atoms with E-state index in [0.717, 1.165) is 50.4 Å². The summed E-state index contributed by atoms with van der Waals surface area (Å²) in [5.41, 5.74) is 2.26. The Hall–Kier alpha value is -1.78. The molecule has 3 saturated carbocycles. The maximum atomic E-state index is 9.84. The second-order valence-corrected chi connectivity index (χ2v) is 39.7. The second-order valence-electron chi connectivity index (χ2n) is 39.7. The van der Waals surface area contributed by atoms with Gasteiger partial charge in [0.05, 0.1) is 39.6 Å². The normalized spacial score (nSPS) is 26.8. The number of fused-ring (bicyclic) bond motifs is 1. The van der Waals surface area contributed by atoms with Crippen molar-refractivity contribution >= 4 is 0 Å². The Morgan fingerprint density at radius 2 is 0.750 bits per heavy atom. The summed E-state index contributed by atoms with van der Waals surface area (Å²) in [5, 5.41) is 54.9. The molecule has 12 nitrogen and oxygen atoms in total. The molecule has 0 heterocycles. The van der Waals surface area contributed by atoms with Crippen LogP contribution in [0.25, 0.3) is 0 Å². The summed E-state index contributed by atoms with van der Waals surface area (Å²) in [5.74, 6) is 6.45. The number of unbranched alkanes of at least 4 members (excludes halogenated alkanes) is 37. The van der Waals surface area contributed by atoms with Gasteiger partial charge >= 0.3 is 0 Å². The molecule has 3 fully saturated rings. The van der Waals surface area contributed by atoms with Gasteiger partial charge in [0.1, 0.15) is 0 Å². The predicted molar refractivity (Wildman–Crippen MR) is 508 cm³/mol. The first-order chi connectivity index (χ1) is 59.2. The van der Waals surface area contributed by atoms with Crippen molar-refractivity contribution in [2.24, 2.45) is 81.3 Å². The van der Waals surface area contributed by atoms with Crippen LogP contribution in [0.1, 0.15) is 504 Å². The van der Waals surface area contributed by atoms with Gasteiger partial charge in [-0.25, -0.2) is 29.3 Å². The molecule has 0 aromatic rings. The molecule has 0 aliphatic heterocycles. The summed E-state index contributed by atoms with van der Waals surface area (Å²) in [6, 6.07) is 0. The minimum atomic E-state index is 0.149. The van der Waals surface area contributed by atoms with Gasteiger partial charge in [0.25, 0.3) is 0 Å². The van der Waals surface area contributed by atoms with Crippen molar-refractivity contribution in [1.82, 2.24) is 0 Å². The second kappa shape index (κ2) is 75.1. The molecule has 0 amide bonds. The Labute approximate surface area is 741 Å². The fourth-order valence-electron chi connectivity index (χ4n) is 24.2. The van der Waals surface area contributed by atoms with E-state index >= 15 is 0 Å². The van der Waals surface area contributed by atoms with Crippen molar-refractivity contribution in [3.8, 4) is 0 Å². The topological polar surface area (TPSA) is 177 Å². The highest BCUT2D eigenvalue weighted by atomic mass is 17.1. The third kappa shape index (κ3) is 43.6. The van der Waals surface area contributed by atoms with E-state index < -0.39 is 0 Å². The lowest BCUT2D eigenvalue weighted by atomic mass is 9.49. The molecule has 0 saturated heterocycles. The van der Waals surface area contributed by atoms with Crippen molar-refractivity contribution < 1.29 is 60.9 Å². The molecule has 6 N–H and O–H groups in total. The number of hydrogen-bond donors (Lipinski definition) is 6. The van der Waals surface area contributed by atoms with Gasteiger partial charge in [-0.05, 0) is 216 Å². The zero-order valence-corrected chi connectivity index (χ0v) is 79.8. The van der Waals surface area contributed by atoms with E-state index in [1.165, 1.54) is 424 Å². The van der Waals surface area contributed by atoms with Gasteiger partial charge in [0.15, 0.2) is 0 Å². The summed E-state index contributed by atoms with van der Waals surface area (Å²) in [4.78, 5) is 27.7. The van der Waals surface area contributed by atoms with E-state index in [1.807, 2.05) is 0 Å². The zero-order valence-electron chi connectivity index (χ0n) is 79.8. The van der Waals surface area contributed by atoms with Crippen LogP contribution in [0.2, 0.25) is 0 Å². The smallest absolute Gasteiger partial charge is 0.0856 e. The first-order valence-corrected chi connectivity index (χ1v) is 53.2. The third-order valence-electron chi connectivity index (χ3n) is 31.1. The molecule has 0 aromatic heterocycles. The molecule has 120 heavy (non-hydrogen) atoms. The van der Waals surface area contributed by atoms with Gasteiger partial charge < -0.3 is 0 Å². The minimum absolute atomic E-state index is 0.149. The first-order valence-electron chi connectivity index (χ1n) is 53.2. The van der Waals surface area contributed by atoms with E-state index in [9.17, 15) is 15.8 Å². The largest absolute Gasteiger partial charge is 0.252 e. The fourth-order valence-corrected chi connectivity index (χ4v) is 24.2. The lowest BCUT2D eigenvalue weighted by molar-refractivity contribution is -0.263. The molecule has 12 heteroatoms. The van der Waals surface area contributed by atoms with Gasteiger partial charge in [-0.3, -0.25) is 31.5 Å². The molecule has 704 valence electrons. The van der Waals surface area contributed by atoms with Crippen molar-refractivity contribution in [2.75, 3.05) is 39.6 Å². The molecule has 6 aliphatic carbocycles. The molecular weight excluding hydrogens is 1490 g/mol. The van der Waals surface area contributed by atoms with Crippen LogP contribution in [-0.4, -0.2) is 71.2 Å². The van der Waals surface area contributed by atoms with Crippen LogP contribution in [0.5, 0.6) is 0 Å². The summed E-state index contributed by atoms with van der Waals surface area (Å²) in [6.45, 7) is 16.7. The average molecular weight is 1690 g/mol. The van der Waals surface area contributed by atoms with Crippen LogP contribution in [0, 0.1) is 81.3 Å². The van der Waals surface area contributed by atoms with Crippen LogP contribution in [0.4, 0.5) is 0 Å². The Bertz CT molecular complexity index is 2430. The van der Waals surface area contributed by atoms with Gasteiger partial charge in [0, 0.05) is 0 Å². The number of rotatable bonds is 67. The molecule has 6 rings (SSSR count). The van der Waals surface area contributed by atoms with Crippen LogP contribution in [0.3, 0.4) is 0 Å². The van der Waals surface area contributed by atoms with Gasteiger partial charge in [-0.2, -0.15) is 0 Å². The maximum absolute atomic E-state index is 9.84. The van der Waals surface area contributed by atoms with Crippen LogP contribution >= 0.6 is 0 Å². The third-order valence-corrected chi connectivity index (χ3v) is 31.1. The molecule has 0 aromatic carbocycles. The van der Waals surface area contributed by atoms with Gasteiger partial charge in [-0.1, -0.05) is 429 Å². The van der Waals surface area contributed by atoms with E-state index in [0.29, 0.717) is 92.9 Å². The van der Waals surface area contributed by atoms with E-state index in [1.54, 1.807) is 5.57 Å². The molecule has 14 unspecified atom stereocenters. The van der Waals surface area contributed by atoms with Crippen molar-refractivity contribution in [2.45, 2.75) is 504 Å². The van der Waals surface area contributed by atoms with Crippen molar-refractivity contribution in [1.29, 1.82) is 0 Å². The van der Waals surface area contributed by atoms with Crippen molar-refractivity contribution in [3.05, 3.63) is 60.3 Å². The predicted octanol–water partition coefficient (Wildman–Crippen LogP) is 35.1. The molecule has 0 radical (unpaired) electrons.